The normalized spacial score (nSPS) is 16.0. The Morgan fingerprint density at radius 3 is 2.24 bits per heavy atom. The van der Waals surface area contributed by atoms with Crippen LogP contribution in [0.5, 0.6) is 0 Å². The number of rotatable bonds is 7. The van der Waals surface area contributed by atoms with Crippen molar-refractivity contribution in [2.45, 2.75) is 45.8 Å². The quantitative estimate of drug-likeness (QED) is 0.233. The summed E-state index contributed by atoms with van der Waals surface area (Å²) in [5.74, 6) is -1.68. The zero-order valence-corrected chi connectivity index (χ0v) is 27.7. The molecule has 0 bridgehead atoms. The van der Waals surface area contributed by atoms with Crippen LogP contribution >= 0.6 is 0 Å². The number of hydrogen-bond donors (Lipinski definition) is 1. The average Bonchev–Trinajstić information content (AvgIpc) is 3.49. The van der Waals surface area contributed by atoms with Crippen LogP contribution in [-0.2, 0) is 16.1 Å². The van der Waals surface area contributed by atoms with Crippen molar-refractivity contribution in [1.82, 2.24) is 15.1 Å². The van der Waals surface area contributed by atoms with E-state index in [1.165, 1.54) is 34.1 Å². The molecule has 0 aliphatic carbocycles. The molecule has 4 aromatic carbocycles. The number of para-hydroxylation sites is 2. The lowest BCUT2D eigenvalue weighted by Gasteiger charge is -2.32. The second-order valence-electron chi connectivity index (χ2n) is 12.1. The second-order valence-corrected chi connectivity index (χ2v) is 12.1. The van der Waals surface area contributed by atoms with E-state index >= 15 is 0 Å². The van der Waals surface area contributed by atoms with Crippen LogP contribution in [0.1, 0.15) is 59.9 Å². The van der Waals surface area contributed by atoms with Crippen molar-refractivity contribution in [1.29, 1.82) is 15.8 Å². The minimum Gasteiger partial charge on any atom is -0.342 e. The Labute approximate surface area is 289 Å². The van der Waals surface area contributed by atoms with E-state index in [4.69, 9.17) is 5.10 Å². The van der Waals surface area contributed by atoms with Crippen molar-refractivity contribution in [3.05, 3.63) is 119 Å². The lowest BCUT2D eigenvalue weighted by molar-refractivity contribution is -0.130. The summed E-state index contributed by atoms with van der Waals surface area (Å²) in [7, 11) is 0. The second kappa shape index (κ2) is 13.8. The van der Waals surface area contributed by atoms with Gasteiger partial charge < -0.3 is 15.1 Å². The van der Waals surface area contributed by atoms with Gasteiger partial charge >= 0.3 is 0 Å². The van der Waals surface area contributed by atoms with E-state index in [-0.39, 0.29) is 23.6 Å². The van der Waals surface area contributed by atoms with E-state index in [9.17, 15) is 30.2 Å². The molecule has 0 spiro atoms. The lowest BCUT2D eigenvalue weighted by atomic mass is 10.0. The van der Waals surface area contributed by atoms with E-state index in [2.05, 4.69) is 17.5 Å². The third-order valence-electron chi connectivity index (χ3n) is 9.14. The van der Waals surface area contributed by atoms with Gasteiger partial charge in [0.05, 0.1) is 69.7 Å². The topological polar surface area (TPSA) is 159 Å². The number of nitrogens with zero attached hydrogens (tertiary/aromatic N) is 7. The SMILES string of the molecule is CC[C@@H](C)C(=O)N[C@@H]1C(=O)N(Cc2nn(-c3ccccc3C#N)c3ccccc23)c2ccc(C#N)cc2N(C(=O)c2ccc(C#N)cc2)[C@H]1C. The Morgan fingerprint density at radius 1 is 0.860 bits per heavy atom. The molecule has 0 fully saturated rings. The fraction of sp³-hybridized carbons (Fsp3) is 0.205. The summed E-state index contributed by atoms with van der Waals surface area (Å²) in [6.07, 6.45) is 0.540. The standard InChI is InChI=1S/C39H32N8O3/c1-4-24(2)37(48)43-36-25(3)46(38(49)28-16-13-26(20-40)14-17-28)35-19-27(21-41)15-18-34(35)45(39(36)50)23-31-30-10-6-8-12-33(30)47(44-31)32-11-7-5-9-29(32)22-42/h5-19,24-25,36H,4,23H2,1-3H3,(H,43,48)/t24-,25+,36+/m1/s1. The van der Waals surface area contributed by atoms with Crippen LogP contribution in [0.2, 0.25) is 0 Å². The molecule has 1 aliphatic heterocycles. The summed E-state index contributed by atoms with van der Waals surface area (Å²) in [6.45, 7) is 5.28. The highest BCUT2D eigenvalue weighted by molar-refractivity contribution is 6.13. The molecule has 0 unspecified atom stereocenters. The zero-order valence-electron chi connectivity index (χ0n) is 27.7. The van der Waals surface area contributed by atoms with Gasteiger partial charge in [-0.25, -0.2) is 4.68 Å². The third kappa shape index (κ3) is 5.91. The van der Waals surface area contributed by atoms with Crippen LogP contribution in [0.25, 0.3) is 16.6 Å². The first-order chi connectivity index (χ1) is 24.2. The predicted octanol–water partition coefficient (Wildman–Crippen LogP) is 5.75. The number of carbonyl (C=O) groups is 3. The smallest absolute Gasteiger partial charge is 0.258 e. The molecule has 0 saturated carbocycles. The maximum atomic E-state index is 14.8. The maximum absolute atomic E-state index is 14.8. The molecule has 0 saturated heterocycles. The van der Waals surface area contributed by atoms with Gasteiger partial charge in [0.2, 0.25) is 5.91 Å². The van der Waals surface area contributed by atoms with Crippen molar-refractivity contribution in [2.24, 2.45) is 5.92 Å². The molecule has 1 N–H and O–H groups in total. The van der Waals surface area contributed by atoms with E-state index < -0.39 is 29.8 Å². The highest BCUT2D eigenvalue weighted by Crippen LogP contribution is 2.39. The number of hydrogen-bond acceptors (Lipinski definition) is 7. The van der Waals surface area contributed by atoms with E-state index in [0.717, 1.165) is 10.9 Å². The third-order valence-corrected chi connectivity index (χ3v) is 9.14. The number of carbonyl (C=O) groups excluding carboxylic acids is 3. The van der Waals surface area contributed by atoms with Gasteiger partial charge in [0.1, 0.15) is 12.1 Å². The first-order valence-corrected chi connectivity index (χ1v) is 16.2. The highest BCUT2D eigenvalue weighted by atomic mass is 16.2. The van der Waals surface area contributed by atoms with Crippen molar-refractivity contribution in [3.8, 4) is 23.9 Å². The van der Waals surface area contributed by atoms with Crippen LogP contribution < -0.4 is 15.1 Å². The monoisotopic (exact) mass is 660 g/mol. The molecule has 2 heterocycles. The van der Waals surface area contributed by atoms with Crippen molar-refractivity contribution < 1.29 is 14.4 Å². The van der Waals surface area contributed by atoms with Crippen molar-refractivity contribution in [3.63, 3.8) is 0 Å². The molecule has 1 aromatic heterocycles. The van der Waals surface area contributed by atoms with Gasteiger partial charge in [0.25, 0.3) is 11.8 Å². The minimum absolute atomic E-state index is 0.0543. The first kappa shape index (κ1) is 33.1. The Kier molecular flexibility index (Phi) is 9.12. The number of nitrogens with one attached hydrogen (secondary N) is 1. The van der Waals surface area contributed by atoms with Gasteiger partial charge in [-0.3, -0.25) is 14.4 Å². The summed E-state index contributed by atoms with van der Waals surface area (Å²) in [5.41, 5.74) is 3.79. The number of anilines is 2. The summed E-state index contributed by atoms with van der Waals surface area (Å²) in [6, 6.07) is 29.8. The summed E-state index contributed by atoms with van der Waals surface area (Å²) < 4.78 is 1.68. The fourth-order valence-corrected chi connectivity index (χ4v) is 6.16. The molecule has 3 atom stereocenters. The first-order valence-electron chi connectivity index (χ1n) is 16.2. The van der Waals surface area contributed by atoms with Crippen LogP contribution in [-0.4, -0.2) is 39.6 Å². The predicted molar refractivity (Wildman–Crippen MR) is 187 cm³/mol. The number of benzene rings is 4. The van der Waals surface area contributed by atoms with Crippen LogP contribution in [0, 0.1) is 39.9 Å². The number of aromatic nitrogens is 2. The number of fused-ring (bicyclic) bond motifs is 2. The van der Waals surface area contributed by atoms with Gasteiger partial charge in [-0.15, -0.1) is 0 Å². The molecule has 6 rings (SSSR count). The maximum Gasteiger partial charge on any atom is 0.258 e. The molecule has 5 aromatic rings. The molecule has 11 heteroatoms. The van der Waals surface area contributed by atoms with Crippen molar-refractivity contribution >= 4 is 40.0 Å². The summed E-state index contributed by atoms with van der Waals surface area (Å²) in [5, 5.41) is 37.7. The summed E-state index contributed by atoms with van der Waals surface area (Å²) in [4.78, 5) is 45.5. The van der Waals surface area contributed by atoms with Gasteiger partial charge in [0.15, 0.2) is 0 Å². The van der Waals surface area contributed by atoms with Crippen LogP contribution in [0.4, 0.5) is 11.4 Å². The van der Waals surface area contributed by atoms with E-state index in [0.29, 0.717) is 40.3 Å². The Balaban J connectivity index is 1.54. The van der Waals surface area contributed by atoms with Gasteiger partial charge in [-0.2, -0.15) is 20.9 Å². The van der Waals surface area contributed by atoms with Gasteiger partial charge in [0, 0.05) is 16.9 Å². The van der Waals surface area contributed by atoms with Gasteiger partial charge in [-0.05, 0) is 74.0 Å². The molecular formula is C39H32N8O3. The average molecular weight is 661 g/mol. The van der Waals surface area contributed by atoms with E-state index in [1.54, 1.807) is 54.9 Å². The minimum atomic E-state index is -1.18. The zero-order chi connectivity index (χ0) is 35.5. The highest BCUT2D eigenvalue weighted by Gasteiger charge is 2.43. The Morgan fingerprint density at radius 2 is 1.54 bits per heavy atom. The van der Waals surface area contributed by atoms with Crippen molar-refractivity contribution in [2.75, 3.05) is 9.80 Å². The summed E-state index contributed by atoms with van der Waals surface area (Å²) >= 11 is 0. The largest absolute Gasteiger partial charge is 0.342 e. The molecule has 246 valence electrons. The van der Waals surface area contributed by atoms with Crippen LogP contribution in [0.3, 0.4) is 0 Å². The van der Waals surface area contributed by atoms with Gasteiger partial charge in [-0.1, -0.05) is 44.2 Å². The number of amides is 3. The van der Waals surface area contributed by atoms with Crippen LogP contribution in [0.15, 0.2) is 91.0 Å². The van der Waals surface area contributed by atoms with E-state index in [1.807, 2.05) is 43.3 Å². The Hall–Kier alpha value is -6.77. The lowest BCUT2D eigenvalue weighted by Crippen LogP contribution is -2.58. The fourth-order valence-electron chi connectivity index (χ4n) is 6.16. The molecule has 11 nitrogen and oxygen atoms in total. The molecule has 1 aliphatic rings. The molecular weight excluding hydrogens is 628 g/mol. The molecule has 3 amide bonds. The number of nitriles is 3. The molecule has 0 radical (unpaired) electrons. The Bertz CT molecular complexity index is 2270. The molecule has 50 heavy (non-hydrogen) atoms.